The molecule has 0 aliphatic carbocycles. The Labute approximate surface area is 145 Å². The lowest BCUT2D eigenvalue weighted by molar-refractivity contribution is -0.398. The van der Waals surface area contributed by atoms with E-state index in [1.807, 2.05) is 6.07 Å². The van der Waals surface area contributed by atoms with Crippen molar-refractivity contribution in [2.24, 2.45) is 0 Å². The smallest absolute Gasteiger partial charge is 0.266 e. The number of nitro groups is 1. The zero-order chi connectivity index (χ0) is 17.3. The first-order chi connectivity index (χ1) is 11.5. The van der Waals surface area contributed by atoms with E-state index in [1.165, 1.54) is 30.6 Å². The van der Waals surface area contributed by atoms with E-state index in [9.17, 15) is 15.2 Å². The molecule has 122 valence electrons. The Balaban J connectivity index is 1.98. The summed E-state index contributed by atoms with van der Waals surface area (Å²) >= 11 is 7.40. The van der Waals surface area contributed by atoms with Crippen molar-refractivity contribution >= 4 is 51.0 Å². The fraction of sp³-hybridized carbons (Fsp3) is 0.0625. The average molecular weight is 362 g/mol. The van der Waals surface area contributed by atoms with Crippen molar-refractivity contribution in [3.63, 3.8) is 0 Å². The molecule has 2 aromatic carbocycles. The molecule has 0 unspecified atom stereocenters. The predicted molar refractivity (Wildman–Crippen MR) is 92.7 cm³/mol. The van der Waals surface area contributed by atoms with Gasteiger partial charge in [0.2, 0.25) is 0 Å². The van der Waals surface area contributed by atoms with Crippen LogP contribution < -0.4 is 9.84 Å². The van der Waals surface area contributed by atoms with Gasteiger partial charge >= 0.3 is 0 Å². The molecule has 0 bridgehead atoms. The van der Waals surface area contributed by atoms with E-state index < -0.39 is 16.4 Å². The highest BCUT2D eigenvalue weighted by molar-refractivity contribution is 7.19. The van der Waals surface area contributed by atoms with Crippen molar-refractivity contribution in [2.75, 3.05) is 7.11 Å². The highest BCUT2D eigenvalue weighted by Gasteiger charge is 2.12. The first-order valence-electron chi connectivity index (χ1n) is 6.75. The topological polar surface area (TPSA) is 88.3 Å². The second-order valence-corrected chi connectivity index (χ2v) is 6.32. The monoisotopic (exact) mass is 361 g/mol. The quantitative estimate of drug-likeness (QED) is 0.515. The zero-order valence-corrected chi connectivity index (χ0v) is 13.9. The first-order valence-corrected chi connectivity index (χ1v) is 7.95. The van der Waals surface area contributed by atoms with Gasteiger partial charge in [-0.1, -0.05) is 17.7 Å². The largest absolute Gasteiger partial charge is 0.865 e. The lowest BCUT2D eigenvalue weighted by Gasteiger charge is -2.13. The Kier molecular flexibility index (Phi) is 4.37. The van der Waals surface area contributed by atoms with Crippen LogP contribution in [0.25, 0.3) is 22.4 Å². The minimum Gasteiger partial charge on any atom is -0.865 e. The van der Waals surface area contributed by atoms with Crippen LogP contribution in [0.4, 0.5) is 5.69 Å². The Hall–Kier alpha value is -2.64. The van der Waals surface area contributed by atoms with Gasteiger partial charge in [0.25, 0.3) is 5.69 Å². The van der Waals surface area contributed by atoms with E-state index in [4.69, 9.17) is 16.3 Å². The van der Waals surface area contributed by atoms with Crippen LogP contribution in [0, 0.1) is 10.1 Å². The molecule has 0 radical (unpaired) electrons. The molecule has 1 aromatic heterocycles. The molecular formula is C16H10ClN2O4S-. The fourth-order valence-corrected chi connectivity index (χ4v) is 3.17. The predicted octanol–water partition coefficient (Wildman–Crippen LogP) is 4.11. The summed E-state index contributed by atoms with van der Waals surface area (Å²) in [6, 6.07) is 8.11. The molecule has 3 aromatic rings. The van der Waals surface area contributed by atoms with Crippen LogP contribution in [0.15, 0.2) is 30.3 Å². The summed E-state index contributed by atoms with van der Waals surface area (Å²) in [5.74, 6) is -0.811. The number of hydrogen-bond donors (Lipinski definition) is 0. The van der Waals surface area contributed by atoms with Crippen molar-refractivity contribution in [3.05, 3.63) is 56.0 Å². The van der Waals surface area contributed by atoms with E-state index in [2.05, 4.69) is 4.98 Å². The molecule has 1 heterocycles. The standard InChI is InChI=1S/C16H11ClN2O4S/c1-23-13-7-9(6-12(16(13)20)19(21)22)2-5-15-18-11-8-10(17)3-4-14(11)24-15/h2-8,20H,1H3/p-1/b5-2+. The minimum absolute atomic E-state index is 0.0695. The molecule has 0 atom stereocenters. The number of rotatable bonds is 4. The van der Waals surface area contributed by atoms with Gasteiger partial charge in [-0.3, -0.25) is 10.1 Å². The van der Waals surface area contributed by atoms with Gasteiger partial charge in [-0.15, -0.1) is 11.3 Å². The number of nitro benzene ring substituents is 1. The number of hydrogen-bond acceptors (Lipinski definition) is 6. The normalized spacial score (nSPS) is 11.2. The maximum absolute atomic E-state index is 11.8. The molecule has 24 heavy (non-hydrogen) atoms. The number of thiazole rings is 1. The SMILES string of the molecule is COc1cc(/C=C/c2nc3cc(Cl)ccc3s2)cc([N+](=O)[O-])c1[O-]. The summed E-state index contributed by atoms with van der Waals surface area (Å²) in [5, 5.41) is 24.1. The molecule has 0 aliphatic heterocycles. The number of methoxy groups -OCH3 is 1. The number of nitrogens with zero attached hydrogens (tertiary/aromatic N) is 2. The molecular weight excluding hydrogens is 352 g/mol. The average Bonchev–Trinajstić information content (AvgIpc) is 2.95. The maximum Gasteiger partial charge on any atom is 0.266 e. The molecule has 0 N–H and O–H groups in total. The molecule has 0 saturated heterocycles. The highest BCUT2D eigenvalue weighted by atomic mass is 35.5. The number of benzene rings is 2. The van der Waals surface area contributed by atoms with Crippen molar-refractivity contribution in [1.82, 2.24) is 4.98 Å². The summed E-state index contributed by atoms with van der Waals surface area (Å²) in [7, 11) is 1.30. The van der Waals surface area contributed by atoms with Crippen LogP contribution in [0.2, 0.25) is 5.02 Å². The summed E-state index contributed by atoms with van der Waals surface area (Å²) in [4.78, 5) is 14.7. The third-order valence-electron chi connectivity index (χ3n) is 3.26. The molecule has 6 nitrogen and oxygen atoms in total. The fourth-order valence-electron chi connectivity index (χ4n) is 2.15. The van der Waals surface area contributed by atoms with Gasteiger partial charge in [-0.05, 0) is 35.9 Å². The van der Waals surface area contributed by atoms with E-state index in [-0.39, 0.29) is 5.75 Å². The number of halogens is 1. The third kappa shape index (κ3) is 3.17. The van der Waals surface area contributed by atoms with Gasteiger partial charge in [-0.2, -0.15) is 0 Å². The van der Waals surface area contributed by atoms with Crippen molar-refractivity contribution in [2.45, 2.75) is 0 Å². The first kappa shape index (κ1) is 16.2. The molecule has 8 heteroatoms. The summed E-state index contributed by atoms with van der Waals surface area (Å²) in [5.41, 5.74) is 0.742. The number of fused-ring (bicyclic) bond motifs is 1. The van der Waals surface area contributed by atoms with Crippen LogP contribution in [-0.2, 0) is 0 Å². The van der Waals surface area contributed by atoms with Gasteiger partial charge in [0, 0.05) is 16.8 Å². The van der Waals surface area contributed by atoms with Gasteiger partial charge in [0.1, 0.15) is 10.8 Å². The zero-order valence-electron chi connectivity index (χ0n) is 12.4. The van der Waals surface area contributed by atoms with Gasteiger partial charge in [0.15, 0.2) is 0 Å². The summed E-state index contributed by atoms with van der Waals surface area (Å²) in [6.45, 7) is 0. The molecule has 0 spiro atoms. The number of aromatic nitrogens is 1. The number of ether oxygens (including phenoxy) is 1. The van der Waals surface area contributed by atoms with Crippen LogP contribution in [0.1, 0.15) is 10.6 Å². The second-order valence-electron chi connectivity index (χ2n) is 4.83. The molecule has 0 fully saturated rings. The summed E-state index contributed by atoms with van der Waals surface area (Å²) < 4.78 is 5.89. The van der Waals surface area contributed by atoms with E-state index in [0.717, 1.165) is 15.2 Å². The van der Waals surface area contributed by atoms with E-state index in [1.54, 1.807) is 24.3 Å². The van der Waals surface area contributed by atoms with Crippen molar-refractivity contribution in [3.8, 4) is 11.5 Å². The van der Waals surface area contributed by atoms with Crippen LogP contribution >= 0.6 is 22.9 Å². The Morgan fingerprint density at radius 1 is 1.29 bits per heavy atom. The van der Waals surface area contributed by atoms with Gasteiger partial charge < -0.3 is 9.84 Å². The van der Waals surface area contributed by atoms with Crippen molar-refractivity contribution in [1.29, 1.82) is 0 Å². The van der Waals surface area contributed by atoms with E-state index in [0.29, 0.717) is 10.6 Å². The third-order valence-corrected chi connectivity index (χ3v) is 4.50. The molecule has 0 saturated carbocycles. The van der Waals surface area contributed by atoms with Crippen molar-refractivity contribution < 1.29 is 14.8 Å². The summed E-state index contributed by atoms with van der Waals surface area (Å²) in [6.07, 6.45) is 3.37. The van der Waals surface area contributed by atoms with E-state index >= 15 is 0 Å². The van der Waals surface area contributed by atoms with Crippen LogP contribution in [0.3, 0.4) is 0 Å². The van der Waals surface area contributed by atoms with Crippen LogP contribution in [-0.4, -0.2) is 17.0 Å². The molecule has 3 rings (SSSR count). The van der Waals surface area contributed by atoms with Gasteiger partial charge in [-0.25, -0.2) is 4.98 Å². The maximum atomic E-state index is 11.8. The molecule has 0 aliphatic rings. The minimum atomic E-state index is -0.741. The Morgan fingerprint density at radius 2 is 2.08 bits per heavy atom. The second kappa shape index (κ2) is 6.46. The lowest BCUT2D eigenvalue weighted by Crippen LogP contribution is -2.01. The van der Waals surface area contributed by atoms with Crippen LogP contribution in [0.5, 0.6) is 11.5 Å². The lowest BCUT2D eigenvalue weighted by atomic mass is 10.1. The molecule has 0 amide bonds. The Bertz CT molecular complexity index is 968. The van der Waals surface area contributed by atoms with Gasteiger partial charge in [0.05, 0.1) is 22.2 Å². The Morgan fingerprint density at radius 3 is 2.79 bits per heavy atom. The highest BCUT2D eigenvalue weighted by Crippen LogP contribution is 2.35.